The molecule has 0 fully saturated rings. The fraction of sp³-hybridized carbons (Fsp3) is 0. The van der Waals surface area contributed by atoms with Crippen LogP contribution in [0.5, 0.6) is 0 Å². The molecule has 0 aliphatic heterocycles. The highest BCUT2D eigenvalue weighted by Gasteiger charge is 2.21. The number of nitrogens with one attached hydrogen (secondary N) is 1. The summed E-state index contributed by atoms with van der Waals surface area (Å²) in [5.74, 6) is 0.218. The van der Waals surface area contributed by atoms with Gasteiger partial charge in [-0.25, -0.2) is 18.1 Å². The van der Waals surface area contributed by atoms with Crippen LogP contribution in [0.4, 0.5) is 6.01 Å². The normalized spacial score (nSPS) is 11.5. The summed E-state index contributed by atoms with van der Waals surface area (Å²) in [6.07, 6.45) is 1.16. The predicted octanol–water partition coefficient (Wildman–Crippen LogP) is 2.65. The third kappa shape index (κ3) is 3.04. The highest BCUT2D eigenvalue weighted by atomic mass is 35.5. The zero-order valence-corrected chi connectivity index (χ0v) is 12.6. The molecule has 0 amide bonds. The molecule has 0 bridgehead atoms. The van der Waals surface area contributed by atoms with Crippen molar-refractivity contribution in [3.63, 3.8) is 0 Å². The molecular weight excluding hydrogens is 336 g/mol. The predicted molar refractivity (Wildman–Crippen MR) is 77.7 cm³/mol. The van der Waals surface area contributed by atoms with Crippen molar-refractivity contribution >= 4 is 39.0 Å². The third-order valence-electron chi connectivity index (χ3n) is 2.39. The van der Waals surface area contributed by atoms with Crippen molar-refractivity contribution in [2.45, 2.75) is 4.21 Å². The second-order valence-electron chi connectivity index (χ2n) is 3.82. The van der Waals surface area contributed by atoms with Crippen molar-refractivity contribution in [2.24, 2.45) is 0 Å². The van der Waals surface area contributed by atoms with E-state index in [1.165, 1.54) is 0 Å². The molecule has 0 radical (unpaired) electrons. The Morgan fingerprint density at radius 3 is 2.62 bits per heavy atom. The van der Waals surface area contributed by atoms with E-state index in [0.717, 1.165) is 17.5 Å². The second kappa shape index (κ2) is 5.43. The van der Waals surface area contributed by atoms with E-state index in [1.54, 1.807) is 12.1 Å². The van der Waals surface area contributed by atoms with Crippen LogP contribution in [0.3, 0.4) is 0 Å². The number of rotatable bonds is 4. The molecule has 2 aromatic heterocycles. The summed E-state index contributed by atoms with van der Waals surface area (Å²) in [4.78, 5) is 3.68. The van der Waals surface area contributed by atoms with Gasteiger partial charge in [0.2, 0.25) is 5.89 Å². The quantitative estimate of drug-likeness (QED) is 0.782. The van der Waals surface area contributed by atoms with Crippen molar-refractivity contribution in [1.82, 2.24) is 15.2 Å². The van der Waals surface area contributed by atoms with Gasteiger partial charge in [0.1, 0.15) is 0 Å². The molecule has 21 heavy (non-hydrogen) atoms. The summed E-state index contributed by atoms with van der Waals surface area (Å²) in [5.41, 5.74) is 0.691. The summed E-state index contributed by atoms with van der Waals surface area (Å²) < 4.78 is 31.6. The molecule has 3 rings (SSSR count). The topological polar surface area (TPSA) is 98.0 Å². The molecule has 3 aromatic rings. The number of sulfonamides is 1. The van der Waals surface area contributed by atoms with Gasteiger partial charge in [-0.3, -0.25) is 0 Å². The van der Waals surface area contributed by atoms with Crippen molar-refractivity contribution < 1.29 is 12.8 Å². The molecule has 108 valence electrons. The number of anilines is 1. The highest BCUT2D eigenvalue weighted by molar-refractivity contribution is 7.94. The van der Waals surface area contributed by atoms with Gasteiger partial charge in [0.15, 0.2) is 8.68 Å². The van der Waals surface area contributed by atoms with Gasteiger partial charge >= 0.3 is 6.01 Å². The largest absolute Gasteiger partial charge is 0.403 e. The number of nitrogens with zero attached hydrogens (tertiary/aromatic N) is 3. The minimum Gasteiger partial charge on any atom is -0.403 e. The lowest BCUT2D eigenvalue weighted by Gasteiger charge is -1.99. The van der Waals surface area contributed by atoms with Gasteiger partial charge < -0.3 is 4.42 Å². The van der Waals surface area contributed by atoms with Gasteiger partial charge in [-0.2, -0.15) is 0 Å². The van der Waals surface area contributed by atoms with Crippen LogP contribution < -0.4 is 4.72 Å². The lowest BCUT2D eigenvalue weighted by molar-refractivity contribution is 0.578. The van der Waals surface area contributed by atoms with Crippen LogP contribution in [0.25, 0.3) is 11.5 Å². The monoisotopic (exact) mass is 342 g/mol. The molecule has 0 unspecified atom stereocenters. The van der Waals surface area contributed by atoms with Crippen molar-refractivity contribution in [3.05, 3.63) is 41.0 Å². The van der Waals surface area contributed by atoms with Crippen LogP contribution in [0.1, 0.15) is 0 Å². The first-order valence-corrected chi connectivity index (χ1v) is 8.25. The van der Waals surface area contributed by atoms with E-state index in [1.807, 2.05) is 18.2 Å². The minimum absolute atomic E-state index is 0.0352. The van der Waals surface area contributed by atoms with Crippen LogP contribution in [0.2, 0.25) is 4.47 Å². The van der Waals surface area contributed by atoms with E-state index in [9.17, 15) is 8.42 Å². The van der Waals surface area contributed by atoms with Crippen molar-refractivity contribution in [3.8, 4) is 11.5 Å². The summed E-state index contributed by atoms with van der Waals surface area (Å²) in [6, 6.07) is 8.78. The Morgan fingerprint density at radius 2 is 1.95 bits per heavy atom. The Balaban J connectivity index is 1.85. The van der Waals surface area contributed by atoms with Crippen molar-refractivity contribution in [2.75, 3.05) is 4.72 Å². The Kier molecular flexibility index (Phi) is 3.62. The number of hydrogen-bond donors (Lipinski definition) is 1. The van der Waals surface area contributed by atoms with E-state index < -0.39 is 10.0 Å². The highest BCUT2D eigenvalue weighted by Crippen LogP contribution is 2.25. The summed E-state index contributed by atoms with van der Waals surface area (Å²) in [5, 5.41) is 7.44. The average Bonchev–Trinajstić information content (AvgIpc) is 3.09. The SMILES string of the molecule is O=S(=O)(Nc1nnc(-c2ccccc2)o1)c1cnc(Cl)s1. The van der Waals surface area contributed by atoms with E-state index in [2.05, 4.69) is 19.9 Å². The van der Waals surface area contributed by atoms with Crippen molar-refractivity contribution in [1.29, 1.82) is 0 Å². The zero-order valence-electron chi connectivity index (χ0n) is 10.2. The fourth-order valence-electron chi connectivity index (χ4n) is 1.49. The van der Waals surface area contributed by atoms with Gasteiger partial charge in [-0.15, -0.1) is 5.10 Å². The standard InChI is InChI=1S/C11H7ClN4O3S2/c12-10-13-6-8(20-10)21(17,18)16-11-15-14-9(19-11)7-4-2-1-3-5-7/h1-6H,(H,15,16). The van der Waals surface area contributed by atoms with E-state index in [4.69, 9.17) is 16.0 Å². The molecule has 7 nitrogen and oxygen atoms in total. The van der Waals surface area contributed by atoms with Gasteiger partial charge in [0.25, 0.3) is 10.0 Å². The molecule has 0 saturated carbocycles. The number of hydrogen-bond acceptors (Lipinski definition) is 7. The third-order valence-corrected chi connectivity index (χ3v) is 5.28. The van der Waals surface area contributed by atoms with Crippen LogP contribution in [0.15, 0.2) is 45.2 Å². The number of aromatic nitrogens is 3. The summed E-state index contributed by atoms with van der Waals surface area (Å²) >= 11 is 6.45. The van der Waals surface area contributed by atoms with Gasteiger partial charge in [-0.1, -0.05) is 46.2 Å². The molecular formula is C11H7ClN4O3S2. The first kappa shape index (κ1) is 14.0. The Bertz CT molecular complexity index is 860. The maximum atomic E-state index is 12.0. The van der Waals surface area contributed by atoms with Crippen LogP contribution >= 0.6 is 22.9 Å². The van der Waals surface area contributed by atoms with Crippen LogP contribution in [-0.4, -0.2) is 23.6 Å². The molecule has 0 saturated heterocycles. The van der Waals surface area contributed by atoms with Gasteiger partial charge in [-0.05, 0) is 12.1 Å². The zero-order chi connectivity index (χ0) is 14.9. The molecule has 2 heterocycles. The van der Waals surface area contributed by atoms with E-state index >= 15 is 0 Å². The maximum Gasteiger partial charge on any atom is 0.330 e. The lowest BCUT2D eigenvalue weighted by Crippen LogP contribution is -2.11. The van der Waals surface area contributed by atoms with Crippen LogP contribution in [-0.2, 0) is 10.0 Å². The van der Waals surface area contributed by atoms with Gasteiger partial charge in [0.05, 0.1) is 6.20 Å². The van der Waals surface area contributed by atoms with Gasteiger partial charge in [0, 0.05) is 5.56 Å². The molecule has 0 aliphatic rings. The fourth-order valence-corrected chi connectivity index (χ4v) is 3.71. The molecule has 1 N–H and O–H groups in total. The Morgan fingerprint density at radius 1 is 1.19 bits per heavy atom. The van der Waals surface area contributed by atoms with E-state index in [-0.39, 0.29) is 20.6 Å². The molecule has 0 atom stereocenters. The summed E-state index contributed by atoms with van der Waals surface area (Å²) in [6.45, 7) is 0. The smallest absolute Gasteiger partial charge is 0.330 e. The second-order valence-corrected chi connectivity index (χ2v) is 7.34. The van der Waals surface area contributed by atoms with E-state index in [0.29, 0.717) is 5.56 Å². The molecule has 1 aromatic carbocycles. The Labute approximate surface area is 128 Å². The van der Waals surface area contributed by atoms with Crippen LogP contribution in [0, 0.1) is 0 Å². The number of thiazole rings is 1. The Hall–Kier alpha value is -1.97. The first-order chi connectivity index (χ1) is 10.0. The minimum atomic E-state index is -3.84. The lowest BCUT2D eigenvalue weighted by atomic mass is 10.2. The number of halogens is 1. The molecule has 10 heteroatoms. The molecule has 0 aliphatic carbocycles. The number of benzene rings is 1. The molecule has 0 spiro atoms. The first-order valence-electron chi connectivity index (χ1n) is 5.58. The summed E-state index contributed by atoms with van der Waals surface area (Å²) in [7, 11) is -3.84. The average molecular weight is 343 g/mol. The maximum absolute atomic E-state index is 12.0.